The Labute approximate surface area is 113 Å². The molecule has 0 fully saturated rings. The summed E-state index contributed by atoms with van der Waals surface area (Å²) < 4.78 is 31.6. The maximum absolute atomic E-state index is 8.74. The fourth-order valence-corrected chi connectivity index (χ4v) is 0.990. The molecule has 0 saturated heterocycles. The zero-order chi connectivity index (χ0) is 14.9. The van der Waals surface area contributed by atoms with Crippen molar-refractivity contribution in [3.05, 3.63) is 30.3 Å². The molecule has 0 aliphatic carbocycles. The number of hydrogen-bond donors (Lipinski definition) is 4. The van der Waals surface area contributed by atoms with E-state index in [2.05, 4.69) is 24.2 Å². The molecule has 0 atom stereocenters. The Morgan fingerprint density at radius 2 is 1.79 bits per heavy atom. The van der Waals surface area contributed by atoms with E-state index in [9.17, 15) is 0 Å². The summed E-state index contributed by atoms with van der Waals surface area (Å²) in [6, 6.07) is 9.67. The fraction of sp³-hybridized carbons (Fsp3) is 0.364. The van der Waals surface area contributed by atoms with Gasteiger partial charge in [0.05, 0.1) is 5.69 Å². The van der Waals surface area contributed by atoms with Crippen molar-refractivity contribution in [2.75, 3.05) is 6.54 Å². The summed E-state index contributed by atoms with van der Waals surface area (Å²) in [5.74, 6) is 1.05. The van der Waals surface area contributed by atoms with Crippen molar-refractivity contribution in [3.8, 4) is 0 Å². The number of para-hydroxylation sites is 1. The van der Waals surface area contributed by atoms with Gasteiger partial charge in [-0.3, -0.25) is 9.11 Å². The average Bonchev–Trinajstić information content (AvgIpc) is 2.25. The van der Waals surface area contributed by atoms with Gasteiger partial charge in [0.1, 0.15) is 0 Å². The second kappa shape index (κ2) is 8.46. The van der Waals surface area contributed by atoms with Gasteiger partial charge in [-0.1, -0.05) is 32.0 Å². The molecule has 1 rings (SSSR count). The number of nitrogens with one attached hydrogen (secondary N) is 1. The van der Waals surface area contributed by atoms with Crippen LogP contribution in [0.4, 0.5) is 5.69 Å². The van der Waals surface area contributed by atoms with Gasteiger partial charge < -0.3 is 11.1 Å². The van der Waals surface area contributed by atoms with Gasteiger partial charge in [0, 0.05) is 6.54 Å². The first-order chi connectivity index (χ1) is 8.68. The molecule has 19 heavy (non-hydrogen) atoms. The Morgan fingerprint density at radius 3 is 2.21 bits per heavy atom. The minimum absolute atomic E-state index is 0.477. The van der Waals surface area contributed by atoms with Gasteiger partial charge in [0.15, 0.2) is 5.96 Å². The molecule has 0 amide bonds. The molecule has 0 heterocycles. The van der Waals surface area contributed by atoms with Crippen molar-refractivity contribution < 1.29 is 17.5 Å². The summed E-state index contributed by atoms with van der Waals surface area (Å²) in [5.41, 5.74) is 6.57. The zero-order valence-corrected chi connectivity index (χ0v) is 11.6. The van der Waals surface area contributed by atoms with Gasteiger partial charge in [0.25, 0.3) is 0 Å². The number of benzene rings is 1. The van der Waals surface area contributed by atoms with E-state index >= 15 is 0 Å². The first kappa shape index (κ1) is 17.4. The second-order valence-corrected chi connectivity index (χ2v) is 4.95. The molecule has 7 nitrogen and oxygen atoms in total. The normalized spacial score (nSPS) is 11.7. The Morgan fingerprint density at radius 1 is 1.32 bits per heavy atom. The fourth-order valence-electron chi connectivity index (χ4n) is 0.990. The average molecular weight is 289 g/mol. The van der Waals surface area contributed by atoms with E-state index in [1.54, 1.807) is 0 Å². The molecule has 1 aromatic rings. The highest BCUT2D eigenvalue weighted by atomic mass is 32.3. The van der Waals surface area contributed by atoms with Crippen molar-refractivity contribution in [3.63, 3.8) is 0 Å². The Bertz CT molecular complexity index is 478. The van der Waals surface area contributed by atoms with E-state index in [0.29, 0.717) is 11.9 Å². The largest absolute Gasteiger partial charge is 0.394 e. The molecule has 0 aromatic heterocycles. The van der Waals surface area contributed by atoms with Crippen LogP contribution in [-0.2, 0) is 10.4 Å². The minimum atomic E-state index is -4.67. The molecule has 108 valence electrons. The Balaban J connectivity index is 0.000000555. The topological polar surface area (TPSA) is 125 Å². The lowest BCUT2D eigenvalue weighted by Crippen LogP contribution is -2.33. The van der Waals surface area contributed by atoms with Crippen LogP contribution in [-0.4, -0.2) is 30.0 Å². The molecule has 0 radical (unpaired) electrons. The quantitative estimate of drug-likeness (QED) is 0.377. The van der Waals surface area contributed by atoms with E-state index in [4.69, 9.17) is 23.3 Å². The van der Waals surface area contributed by atoms with Crippen LogP contribution in [0, 0.1) is 5.92 Å². The number of hydrogen-bond acceptors (Lipinski definition) is 3. The van der Waals surface area contributed by atoms with Gasteiger partial charge in [-0.2, -0.15) is 8.42 Å². The molecular weight excluding hydrogens is 270 g/mol. The van der Waals surface area contributed by atoms with Crippen LogP contribution in [0.1, 0.15) is 13.8 Å². The predicted molar refractivity (Wildman–Crippen MR) is 74.7 cm³/mol. The molecule has 8 heteroatoms. The molecular formula is C11H19N3O4S. The summed E-state index contributed by atoms with van der Waals surface area (Å²) in [5, 5.41) is 3.06. The third-order valence-corrected chi connectivity index (χ3v) is 1.70. The van der Waals surface area contributed by atoms with Gasteiger partial charge >= 0.3 is 10.4 Å². The van der Waals surface area contributed by atoms with Crippen LogP contribution >= 0.6 is 0 Å². The third-order valence-electron chi connectivity index (χ3n) is 1.70. The first-order valence-electron chi connectivity index (χ1n) is 5.51. The van der Waals surface area contributed by atoms with Crippen molar-refractivity contribution in [2.45, 2.75) is 13.8 Å². The molecule has 0 aliphatic rings. The summed E-state index contributed by atoms with van der Waals surface area (Å²) in [6.07, 6.45) is 0. The summed E-state index contributed by atoms with van der Waals surface area (Å²) in [4.78, 5) is 4.21. The minimum Gasteiger partial charge on any atom is -0.370 e. The third kappa shape index (κ3) is 14.3. The van der Waals surface area contributed by atoms with Gasteiger partial charge in [0.2, 0.25) is 0 Å². The second-order valence-electron chi connectivity index (χ2n) is 4.06. The zero-order valence-electron chi connectivity index (χ0n) is 10.8. The van der Waals surface area contributed by atoms with E-state index in [1.165, 1.54) is 0 Å². The van der Waals surface area contributed by atoms with Crippen LogP contribution in [0.5, 0.6) is 0 Å². The molecule has 5 N–H and O–H groups in total. The van der Waals surface area contributed by atoms with Crippen LogP contribution in [0.25, 0.3) is 0 Å². The summed E-state index contributed by atoms with van der Waals surface area (Å²) in [7, 11) is -4.67. The van der Waals surface area contributed by atoms with Crippen molar-refractivity contribution in [1.29, 1.82) is 0 Å². The molecule has 0 spiro atoms. The maximum atomic E-state index is 8.74. The lowest BCUT2D eigenvalue weighted by atomic mass is 10.2. The van der Waals surface area contributed by atoms with Gasteiger partial charge in [-0.25, -0.2) is 4.99 Å². The lowest BCUT2D eigenvalue weighted by Gasteiger charge is -2.07. The van der Waals surface area contributed by atoms with Crippen molar-refractivity contribution >= 4 is 22.0 Å². The smallest absolute Gasteiger partial charge is 0.370 e. The van der Waals surface area contributed by atoms with Crippen LogP contribution in [0.15, 0.2) is 35.3 Å². The van der Waals surface area contributed by atoms with Crippen LogP contribution in [0.2, 0.25) is 0 Å². The number of nitrogens with two attached hydrogens (primary N) is 1. The van der Waals surface area contributed by atoms with E-state index < -0.39 is 10.4 Å². The lowest BCUT2D eigenvalue weighted by molar-refractivity contribution is 0.381. The van der Waals surface area contributed by atoms with Gasteiger partial charge in [-0.05, 0) is 18.1 Å². The monoisotopic (exact) mass is 289 g/mol. The summed E-state index contributed by atoms with van der Waals surface area (Å²) in [6.45, 7) is 5.10. The number of rotatable bonds is 3. The van der Waals surface area contributed by atoms with Gasteiger partial charge in [-0.15, -0.1) is 0 Å². The highest BCUT2D eigenvalue weighted by molar-refractivity contribution is 7.79. The van der Waals surface area contributed by atoms with Crippen LogP contribution < -0.4 is 11.1 Å². The number of guanidine groups is 1. The number of aliphatic imine (C=N–C) groups is 1. The highest BCUT2D eigenvalue weighted by Gasteiger charge is 1.95. The van der Waals surface area contributed by atoms with Crippen LogP contribution in [0.3, 0.4) is 0 Å². The molecule has 0 unspecified atom stereocenters. The standard InChI is InChI=1S/C11H17N3.H2O4S/c1-9(2)8-13-11(12)14-10-6-4-3-5-7-10;1-5(2,3)4/h3-7,9H,8H2,1-2H3,(H3,12,13,14);(H2,1,2,3,4). The Hall–Kier alpha value is -1.64. The molecule has 0 saturated carbocycles. The Kier molecular flexibility index (Phi) is 7.73. The van der Waals surface area contributed by atoms with Crippen molar-refractivity contribution in [1.82, 2.24) is 5.32 Å². The van der Waals surface area contributed by atoms with E-state index in [1.807, 2.05) is 30.3 Å². The van der Waals surface area contributed by atoms with E-state index in [-0.39, 0.29) is 0 Å². The first-order valence-corrected chi connectivity index (χ1v) is 6.91. The predicted octanol–water partition coefficient (Wildman–Crippen LogP) is 1.23. The number of nitrogens with zero attached hydrogens (tertiary/aromatic N) is 1. The maximum Gasteiger partial charge on any atom is 0.394 e. The molecule has 0 aliphatic heterocycles. The SMILES string of the molecule is CC(C)CNC(N)=Nc1ccccc1.O=S(=O)(O)O. The van der Waals surface area contributed by atoms with Crippen molar-refractivity contribution in [2.24, 2.45) is 16.6 Å². The molecule has 1 aromatic carbocycles. The van der Waals surface area contributed by atoms with E-state index in [0.717, 1.165) is 12.2 Å². The highest BCUT2D eigenvalue weighted by Crippen LogP contribution is 2.08. The summed E-state index contributed by atoms with van der Waals surface area (Å²) >= 11 is 0. The molecule has 0 bridgehead atoms.